The number of hydrogen-bond acceptors (Lipinski definition) is 3. The van der Waals surface area contributed by atoms with Gasteiger partial charge >= 0.3 is 0 Å². The summed E-state index contributed by atoms with van der Waals surface area (Å²) in [5.74, 6) is 1.49. The van der Waals surface area contributed by atoms with Crippen LogP contribution < -0.4 is 9.47 Å². The predicted octanol–water partition coefficient (Wildman–Crippen LogP) is 1.51. The average molecular weight is 152 g/mol. The number of rotatable bonds is 0. The smallest absolute Gasteiger partial charge is 0.238 e. The number of phenols is 1. The summed E-state index contributed by atoms with van der Waals surface area (Å²) in [7, 11) is 0. The van der Waals surface area contributed by atoms with Gasteiger partial charge in [0.25, 0.3) is 0 Å². The summed E-state index contributed by atoms with van der Waals surface area (Å²) in [6, 6.07) is 4.80. The SMILES string of the molecule is CC1Oc2ccc(O)cc2O1. The van der Waals surface area contributed by atoms with Crippen molar-refractivity contribution in [3.63, 3.8) is 0 Å². The lowest BCUT2D eigenvalue weighted by Crippen LogP contribution is -2.11. The fourth-order valence-electron chi connectivity index (χ4n) is 1.07. The standard InChI is InChI=1S/C8H8O3/c1-5-10-7-3-2-6(9)4-8(7)11-5/h2-5,9H,1H3. The van der Waals surface area contributed by atoms with E-state index in [-0.39, 0.29) is 12.0 Å². The Morgan fingerprint density at radius 1 is 1.27 bits per heavy atom. The molecule has 1 unspecified atom stereocenters. The van der Waals surface area contributed by atoms with Crippen LogP contribution in [-0.2, 0) is 0 Å². The van der Waals surface area contributed by atoms with Crippen molar-refractivity contribution in [1.29, 1.82) is 0 Å². The minimum absolute atomic E-state index is 0.196. The number of hydrogen-bond donors (Lipinski definition) is 1. The quantitative estimate of drug-likeness (QED) is 0.612. The van der Waals surface area contributed by atoms with Gasteiger partial charge in [0.2, 0.25) is 6.29 Å². The third kappa shape index (κ3) is 0.981. The van der Waals surface area contributed by atoms with Gasteiger partial charge in [-0.2, -0.15) is 0 Å². The van der Waals surface area contributed by atoms with E-state index in [2.05, 4.69) is 0 Å². The van der Waals surface area contributed by atoms with Crippen molar-refractivity contribution < 1.29 is 14.6 Å². The number of ether oxygens (including phenoxy) is 2. The first-order chi connectivity index (χ1) is 5.25. The Balaban J connectivity index is 2.43. The number of fused-ring (bicyclic) bond motifs is 1. The number of aromatic hydroxyl groups is 1. The van der Waals surface area contributed by atoms with Gasteiger partial charge in [-0.1, -0.05) is 0 Å². The van der Waals surface area contributed by atoms with Crippen molar-refractivity contribution in [3.05, 3.63) is 18.2 Å². The van der Waals surface area contributed by atoms with Crippen molar-refractivity contribution in [2.45, 2.75) is 13.2 Å². The molecule has 0 aromatic heterocycles. The Morgan fingerprint density at radius 2 is 2.00 bits per heavy atom. The molecule has 0 saturated carbocycles. The molecule has 2 rings (SSSR count). The lowest BCUT2D eigenvalue weighted by atomic mass is 10.3. The van der Waals surface area contributed by atoms with Gasteiger partial charge in [0, 0.05) is 13.0 Å². The third-order valence-electron chi connectivity index (χ3n) is 1.51. The van der Waals surface area contributed by atoms with Gasteiger partial charge in [-0.3, -0.25) is 0 Å². The van der Waals surface area contributed by atoms with Crippen molar-refractivity contribution >= 4 is 0 Å². The highest BCUT2D eigenvalue weighted by Crippen LogP contribution is 2.36. The summed E-state index contributed by atoms with van der Waals surface area (Å²) in [6.45, 7) is 1.80. The first-order valence-electron chi connectivity index (χ1n) is 3.42. The van der Waals surface area contributed by atoms with Crippen LogP contribution >= 0.6 is 0 Å². The van der Waals surface area contributed by atoms with Crippen molar-refractivity contribution in [2.24, 2.45) is 0 Å². The molecular formula is C8H8O3. The van der Waals surface area contributed by atoms with E-state index in [1.165, 1.54) is 0 Å². The highest BCUT2D eigenvalue weighted by Gasteiger charge is 2.19. The second-order valence-electron chi connectivity index (χ2n) is 2.43. The van der Waals surface area contributed by atoms with Gasteiger partial charge in [-0.05, 0) is 12.1 Å². The van der Waals surface area contributed by atoms with Crippen molar-refractivity contribution in [1.82, 2.24) is 0 Å². The average Bonchev–Trinajstić information content (AvgIpc) is 2.27. The maximum absolute atomic E-state index is 9.05. The predicted molar refractivity (Wildman–Crippen MR) is 38.8 cm³/mol. The van der Waals surface area contributed by atoms with Gasteiger partial charge in [-0.15, -0.1) is 0 Å². The molecule has 0 bridgehead atoms. The Hall–Kier alpha value is -1.38. The van der Waals surface area contributed by atoms with E-state index in [0.717, 1.165) is 0 Å². The van der Waals surface area contributed by atoms with E-state index >= 15 is 0 Å². The minimum Gasteiger partial charge on any atom is -0.508 e. The second-order valence-corrected chi connectivity index (χ2v) is 2.43. The van der Waals surface area contributed by atoms with E-state index < -0.39 is 0 Å². The van der Waals surface area contributed by atoms with E-state index in [1.807, 2.05) is 0 Å². The molecule has 58 valence electrons. The fraction of sp³-hybridized carbons (Fsp3) is 0.250. The molecule has 3 heteroatoms. The zero-order valence-corrected chi connectivity index (χ0v) is 6.07. The summed E-state index contributed by atoms with van der Waals surface area (Å²) < 4.78 is 10.4. The monoisotopic (exact) mass is 152 g/mol. The molecule has 1 heterocycles. The number of phenolic OH excluding ortho intramolecular Hbond substituents is 1. The summed E-state index contributed by atoms with van der Waals surface area (Å²) in [5.41, 5.74) is 0. The summed E-state index contributed by atoms with van der Waals surface area (Å²) in [6.07, 6.45) is -0.244. The normalized spacial score (nSPS) is 20.3. The van der Waals surface area contributed by atoms with Crippen LogP contribution in [-0.4, -0.2) is 11.4 Å². The zero-order valence-electron chi connectivity index (χ0n) is 6.07. The molecule has 0 fully saturated rings. The largest absolute Gasteiger partial charge is 0.508 e. The van der Waals surface area contributed by atoms with Crippen molar-refractivity contribution in [3.8, 4) is 17.2 Å². The van der Waals surface area contributed by atoms with Crippen LogP contribution in [0, 0.1) is 0 Å². The molecule has 1 N–H and O–H groups in total. The summed E-state index contributed by atoms with van der Waals surface area (Å²) >= 11 is 0. The molecule has 0 saturated heterocycles. The molecule has 0 spiro atoms. The summed E-state index contributed by atoms with van der Waals surface area (Å²) in [4.78, 5) is 0. The molecule has 0 aliphatic carbocycles. The van der Waals surface area contributed by atoms with E-state index in [0.29, 0.717) is 11.5 Å². The first kappa shape index (κ1) is 6.34. The lowest BCUT2D eigenvalue weighted by Gasteiger charge is -1.99. The van der Waals surface area contributed by atoms with Crippen LogP contribution in [0.1, 0.15) is 6.92 Å². The minimum atomic E-state index is -0.244. The molecule has 1 aromatic rings. The Morgan fingerprint density at radius 3 is 2.82 bits per heavy atom. The van der Waals surface area contributed by atoms with Crippen LogP contribution in [0.5, 0.6) is 17.2 Å². The third-order valence-corrected chi connectivity index (χ3v) is 1.51. The van der Waals surface area contributed by atoms with Gasteiger partial charge < -0.3 is 14.6 Å². The van der Waals surface area contributed by atoms with Crippen LogP contribution in [0.15, 0.2) is 18.2 Å². The van der Waals surface area contributed by atoms with E-state index in [4.69, 9.17) is 14.6 Å². The molecule has 11 heavy (non-hydrogen) atoms. The van der Waals surface area contributed by atoms with Crippen LogP contribution in [0.25, 0.3) is 0 Å². The molecule has 1 aromatic carbocycles. The molecule has 0 radical (unpaired) electrons. The maximum atomic E-state index is 9.05. The lowest BCUT2D eigenvalue weighted by molar-refractivity contribution is 0.0678. The van der Waals surface area contributed by atoms with E-state index in [1.54, 1.807) is 25.1 Å². The fourth-order valence-corrected chi connectivity index (χ4v) is 1.07. The van der Waals surface area contributed by atoms with E-state index in [9.17, 15) is 0 Å². The maximum Gasteiger partial charge on any atom is 0.238 e. The molecule has 1 aliphatic heterocycles. The topological polar surface area (TPSA) is 38.7 Å². The Labute approximate surface area is 64.2 Å². The van der Waals surface area contributed by atoms with Crippen LogP contribution in [0.4, 0.5) is 0 Å². The van der Waals surface area contributed by atoms with Gasteiger partial charge in [0.1, 0.15) is 5.75 Å². The molecular weight excluding hydrogens is 144 g/mol. The molecule has 1 atom stereocenters. The highest BCUT2D eigenvalue weighted by molar-refractivity contribution is 5.46. The van der Waals surface area contributed by atoms with Crippen LogP contribution in [0.2, 0.25) is 0 Å². The Bertz CT molecular complexity index is 283. The molecule has 1 aliphatic rings. The van der Waals surface area contributed by atoms with Gasteiger partial charge in [-0.25, -0.2) is 0 Å². The zero-order chi connectivity index (χ0) is 7.84. The van der Waals surface area contributed by atoms with Crippen molar-refractivity contribution in [2.75, 3.05) is 0 Å². The van der Waals surface area contributed by atoms with Crippen LogP contribution in [0.3, 0.4) is 0 Å². The molecule has 3 nitrogen and oxygen atoms in total. The van der Waals surface area contributed by atoms with Gasteiger partial charge in [0.15, 0.2) is 11.5 Å². The highest BCUT2D eigenvalue weighted by atomic mass is 16.7. The first-order valence-corrected chi connectivity index (χ1v) is 3.42. The summed E-state index contributed by atoms with van der Waals surface area (Å²) in [5, 5.41) is 9.05. The Kier molecular flexibility index (Phi) is 1.18. The molecule has 0 amide bonds. The van der Waals surface area contributed by atoms with Gasteiger partial charge in [0.05, 0.1) is 0 Å². The number of benzene rings is 1. The second kappa shape index (κ2) is 2.05.